The molecule has 1 aromatic heterocycles. The molecular weight excluding hydrogens is 259 g/mol. The maximum atomic E-state index is 13.2. The van der Waals surface area contributed by atoms with Crippen LogP contribution in [0.3, 0.4) is 0 Å². The summed E-state index contributed by atoms with van der Waals surface area (Å²) in [6.07, 6.45) is 6.47. The van der Waals surface area contributed by atoms with E-state index in [1.54, 1.807) is 0 Å². The Morgan fingerprint density at radius 3 is 2.79 bits per heavy atom. The zero-order valence-electron chi connectivity index (χ0n) is 11.2. The molecule has 1 saturated carbocycles. The molecule has 4 heteroatoms. The fourth-order valence-corrected chi connectivity index (χ4v) is 3.51. The molecule has 0 unspecified atom stereocenters. The highest BCUT2D eigenvalue weighted by Crippen LogP contribution is 2.38. The minimum absolute atomic E-state index is 0.222. The molecule has 0 spiro atoms. The quantitative estimate of drug-likeness (QED) is 0.782. The van der Waals surface area contributed by atoms with Crippen LogP contribution in [0.4, 0.5) is 4.39 Å². The van der Waals surface area contributed by atoms with Crippen LogP contribution in [0, 0.1) is 16.0 Å². The van der Waals surface area contributed by atoms with E-state index < -0.39 is 0 Å². The van der Waals surface area contributed by atoms with Crippen molar-refractivity contribution >= 4 is 23.3 Å². The van der Waals surface area contributed by atoms with E-state index in [1.165, 1.54) is 44.2 Å². The molecule has 102 valence electrons. The molecule has 2 nitrogen and oxygen atoms in total. The monoisotopic (exact) mass is 278 g/mol. The lowest BCUT2D eigenvalue weighted by molar-refractivity contribution is 0.184. The van der Waals surface area contributed by atoms with Gasteiger partial charge < -0.3 is 9.55 Å². The van der Waals surface area contributed by atoms with Crippen molar-refractivity contribution in [3.8, 4) is 0 Å². The van der Waals surface area contributed by atoms with E-state index in [-0.39, 0.29) is 5.82 Å². The highest BCUT2D eigenvalue weighted by Gasteiger charge is 2.28. The molecule has 0 saturated heterocycles. The van der Waals surface area contributed by atoms with Gasteiger partial charge >= 0.3 is 0 Å². The second-order valence-electron chi connectivity index (χ2n) is 6.05. The van der Waals surface area contributed by atoms with Gasteiger partial charge in [0.15, 0.2) is 4.77 Å². The summed E-state index contributed by atoms with van der Waals surface area (Å²) in [6, 6.07) is 4.85. The van der Waals surface area contributed by atoms with Crippen LogP contribution in [0.5, 0.6) is 0 Å². The Morgan fingerprint density at radius 2 is 2.05 bits per heavy atom. The first-order valence-corrected chi connectivity index (χ1v) is 7.36. The largest absolute Gasteiger partial charge is 0.330 e. The van der Waals surface area contributed by atoms with E-state index >= 15 is 0 Å². The SMILES string of the molecule is CC1(Cn2c(=S)[nH]c3cc(F)ccc32)CCCCC1. The van der Waals surface area contributed by atoms with Crippen LogP contribution in [0.25, 0.3) is 11.0 Å². The summed E-state index contributed by atoms with van der Waals surface area (Å²) < 4.78 is 16.1. The number of H-pyrrole nitrogens is 1. The zero-order chi connectivity index (χ0) is 13.5. The van der Waals surface area contributed by atoms with Gasteiger partial charge in [0, 0.05) is 6.54 Å². The summed E-state index contributed by atoms with van der Waals surface area (Å²) in [5.41, 5.74) is 2.13. The second-order valence-corrected chi connectivity index (χ2v) is 6.44. The average Bonchev–Trinajstić information content (AvgIpc) is 2.65. The van der Waals surface area contributed by atoms with Gasteiger partial charge in [-0.25, -0.2) is 4.39 Å². The van der Waals surface area contributed by atoms with Gasteiger partial charge in [-0.1, -0.05) is 26.2 Å². The smallest absolute Gasteiger partial charge is 0.178 e. The highest BCUT2D eigenvalue weighted by atomic mass is 32.1. The van der Waals surface area contributed by atoms with Gasteiger partial charge in [0.2, 0.25) is 0 Å². The molecule has 1 aliphatic carbocycles. The van der Waals surface area contributed by atoms with Crippen LogP contribution in [-0.2, 0) is 6.54 Å². The standard InChI is InChI=1S/C15H19FN2S/c1-15(7-3-2-4-8-15)10-18-13-6-5-11(16)9-12(13)17-14(18)19/h5-6,9H,2-4,7-8,10H2,1H3,(H,17,19). The lowest BCUT2D eigenvalue weighted by Gasteiger charge is -2.34. The molecule has 0 atom stereocenters. The Hall–Kier alpha value is -1.16. The van der Waals surface area contributed by atoms with Crippen LogP contribution in [0.1, 0.15) is 39.0 Å². The first kappa shape index (κ1) is 12.9. The van der Waals surface area contributed by atoms with Crippen LogP contribution < -0.4 is 0 Å². The Labute approximate surface area is 117 Å². The third kappa shape index (κ3) is 2.46. The van der Waals surface area contributed by atoms with Crippen LogP contribution in [0.15, 0.2) is 18.2 Å². The number of nitrogens with one attached hydrogen (secondary N) is 1. The topological polar surface area (TPSA) is 20.7 Å². The molecule has 3 rings (SSSR count). The third-order valence-corrected chi connectivity index (χ3v) is 4.66. The van der Waals surface area contributed by atoms with Crippen LogP contribution in [0.2, 0.25) is 0 Å². The number of rotatable bonds is 2. The molecule has 19 heavy (non-hydrogen) atoms. The molecule has 0 aliphatic heterocycles. The van der Waals surface area contributed by atoms with E-state index in [9.17, 15) is 4.39 Å². The number of hydrogen-bond donors (Lipinski definition) is 1. The van der Waals surface area contributed by atoms with Gasteiger partial charge in [0.05, 0.1) is 11.0 Å². The predicted molar refractivity (Wildman–Crippen MR) is 78.3 cm³/mol. The Morgan fingerprint density at radius 1 is 1.32 bits per heavy atom. The second kappa shape index (κ2) is 4.75. The van der Waals surface area contributed by atoms with Crippen molar-refractivity contribution in [3.05, 3.63) is 28.8 Å². The van der Waals surface area contributed by atoms with Gasteiger partial charge in [-0.05, 0) is 48.7 Å². The Kier molecular flexibility index (Phi) is 3.21. The van der Waals surface area contributed by atoms with Crippen molar-refractivity contribution in [2.75, 3.05) is 0 Å². The van der Waals surface area contributed by atoms with Crippen molar-refractivity contribution in [2.24, 2.45) is 5.41 Å². The fraction of sp³-hybridized carbons (Fsp3) is 0.533. The number of aromatic amines is 1. The van der Waals surface area contributed by atoms with E-state index in [2.05, 4.69) is 16.5 Å². The summed E-state index contributed by atoms with van der Waals surface area (Å²) >= 11 is 5.40. The number of halogens is 1. The summed E-state index contributed by atoms with van der Waals surface area (Å²) in [5, 5.41) is 0. The summed E-state index contributed by atoms with van der Waals surface area (Å²) in [7, 11) is 0. The zero-order valence-corrected chi connectivity index (χ0v) is 12.0. The van der Waals surface area contributed by atoms with Crippen molar-refractivity contribution < 1.29 is 4.39 Å². The highest BCUT2D eigenvalue weighted by molar-refractivity contribution is 7.71. The van der Waals surface area contributed by atoms with Crippen LogP contribution >= 0.6 is 12.2 Å². The van der Waals surface area contributed by atoms with Gasteiger partial charge in [-0.3, -0.25) is 0 Å². The fourth-order valence-electron chi connectivity index (χ4n) is 3.24. The molecule has 1 heterocycles. The molecular formula is C15H19FN2S. The molecule has 0 amide bonds. The maximum absolute atomic E-state index is 13.2. The Bertz CT molecular complexity index is 650. The molecule has 1 aromatic carbocycles. The lowest BCUT2D eigenvalue weighted by Crippen LogP contribution is -2.26. The van der Waals surface area contributed by atoms with E-state index in [0.717, 1.165) is 17.6 Å². The van der Waals surface area contributed by atoms with Crippen molar-refractivity contribution in [1.82, 2.24) is 9.55 Å². The summed E-state index contributed by atoms with van der Waals surface area (Å²) in [6.45, 7) is 3.27. The summed E-state index contributed by atoms with van der Waals surface area (Å²) in [4.78, 5) is 3.11. The number of nitrogens with zero attached hydrogens (tertiary/aromatic N) is 1. The molecule has 2 aromatic rings. The van der Waals surface area contributed by atoms with Gasteiger partial charge in [0.1, 0.15) is 5.82 Å². The normalized spacial score (nSPS) is 18.8. The first-order valence-electron chi connectivity index (χ1n) is 6.96. The van der Waals surface area contributed by atoms with Crippen molar-refractivity contribution in [1.29, 1.82) is 0 Å². The van der Waals surface area contributed by atoms with Crippen LogP contribution in [-0.4, -0.2) is 9.55 Å². The van der Waals surface area contributed by atoms with Crippen molar-refractivity contribution in [2.45, 2.75) is 45.6 Å². The first-order chi connectivity index (χ1) is 9.07. The van der Waals surface area contributed by atoms with Gasteiger partial charge in [-0.15, -0.1) is 0 Å². The van der Waals surface area contributed by atoms with E-state index in [1.807, 2.05) is 6.07 Å². The summed E-state index contributed by atoms with van der Waals surface area (Å²) in [5.74, 6) is -0.222. The molecule has 0 bridgehead atoms. The molecule has 1 aliphatic rings. The number of fused-ring (bicyclic) bond motifs is 1. The minimum Gasteiger partial charge on any atom is -0.330 e. The number of benzene rings is 1. The van der Waals surface area contributed by atoms with Crippen molar-refractivity contribution in [3.63, 3.8) is 0 Å². The van der Waals surface area contributed by atoms with E-state index in [4.69, 9.17) is 12.2 Å². The Balaban J connectivity index is 2.00. The maximum Gasteiger partial charge on any atom is 0.178 e. The lowest BCUT2D eigenvalue weighted by atomic mass is 9.75. The minimum atomic E-state index is -0.222. The number of imidazole rings is 1. The third-order valence-electron chi connectivity index (χ3n) is 4.34. The number of aromatic nitrogens is 2. The van der Waals surface area contributed by atoms with Gasteiger partial charge in [-0.2, -0.15) is 0 Å². The molecule has 1 N–H and O–H groups in total. The number of hydrogen-bond acceptors (Lipinski definition) is 1. The predicted octanol–water partition coefficient (Wildman–Crippen LogP) is 4.81. The molecule has 1 fully saturated rings. The molecule has 0 radical (unpaired) electrons. The average molecular weight is 278 g/mol. The van der Waals surface area contributed by atoms with Gasteiger partial charge in [0.25, 0.3) is 0 Å². The van der Waals surface area contributed by atoms with E-state index in [0.29, 0.717) is 10.2 Å².